The second kappa shape index (κ2) is 5.69. The normalized spacial score (nSPS) is 12.2. The Kier molecular flexibility index (Phi) is 3.37. The van der Waals surface area contributed by atoms with Crippen LogP contribution in [0.3, 0.4) is 0 Å². The van der Waals surface area contributed by atoms with Crippen molar-refractivity contribution in [2.75, 3.05) is 0 Å². The summed E-state index contributed by atoms with van der Waals surface area (Å²) < 4.78 is 41.8. The van der Waals surface area contributed by atoms with Gasteiger partial charge in [0.15, 0.2) is 5.65 Å². The zero-order chi connectivity index (χ0) is 19.5. The van der Waals surface area contributed by atoms with Gasteiger partial charge in [0.05, 0.1) is 27.7 Å². The molecular formula is C21H12F3N3O. The van der Waals surface area contributed by atoms with Gasteiger partial charge < -0.3 is 0 Å². The summed E-state index contributed by atoms with van der Waals surface area (Å²) in [7, 11) is 0. The highest BCUT2D eigenvalue weighted by atomic mass is 19.4. The summed E-state index contributed by atoms with van der Waals surface area (Å²) in [6.45, 7) is 0. The highest BCUT2D eigenvalue weighted by molar-refractivity contribution is 5.96. The molecule has 0 saturated heterocycles. The monoisotopic (exact) mass is 379 g/mol. The fourth-order valence-corrected chi connectivity index (χ4v) is 3.48. The number of aromatic nitrogens is 3. The molecule has 0 saturated carbocycles. The number of rotatable bonds is 1. The lowest BCUT2D eigenvalue weighted by atomic mass is 10.2. The van der Waals surface area contributed by atoms with Crippen molar-refractivity contribution in [2.24, 2.45) is 0 Å². The van der Waals surface area contributed by atoms with Crippen molar-refractivity contribution in [3.05, 3.63) is 88.7 Å². The SMILES string of the molecule is O=c1c2ccccc2nc2c3ccccc3n(-c3ccc(C(F)(F)F)cc3)n12. The van der Waals surface area contributed by atoms with Gasteiger partial charge in [0.1, 0.15) is 0 Å². The van der Waals surface area contributed by atoms with Crippen molar-refractivity contribution in [3.63, 3.8) is 0 Å². The third kappa shape index (κ3) is 2.32. The summed E-state index contributed by atoms with van der Waals surface area (Å²) in [5.41, 5.74) is 1.13. The van der Waals surface area contributed by atoms with Crippen LogP contribution in [0.1, 0.15) is 5.56 Å². The summed E-state index contributed by atoms with van der Waals surface area (Å²) in [4.78, 5) is 17.8. The van der Waals surface area contributed by atoms with Crippen LogP contribution in [-0.2, 0) is 6.18 Å². The molecule has 5 rings (SSSR count). The number of nitrogens with zero attached hydrogens (tertiary/aromatic N) is 3. The van der Waals surface area contributed by atoms with Gasteiger partial charge in [0.25, 0.3) is 5.56 Å². The van der Waals surface area contributed by atoms with Crippen molar-refractivity contribution in [1.82, 2.24) is 14.2 Å². The molecule has 4 nitrogen and oxygen atoms in total. The first-order valence-corrected chi connectivity index (χ1v) is 8.54. The first-order valence-electron chi connectivity index (χ1n) is 8.54. The number of fused-ring (bicyclic) bond motifs is 4. The van der Waals surface area contributed by atoms with E-state index in [1.165, 1.54) is 16.6 Å². The van der Waals surface area contributed by atoms with Gasteiger partial charge in [0.2, 0.25) is 0 Å². The van der Waals surface area contributed by atoms with Crippen LogP contribution in [0.4, 0.5) is 13.2 Å². The molecule has 7 heteroatoms. The molecule has 0 spiro atoms. The molecule has 0 N–H and O–H groups in total. The molecule has 0 unspecified atom stereocenters. The molecule has 3 aromatic carbocycles. The fourth-order valence-electron chi connectivity index (χ4n) is 3.48. The molecule has 28 heavy (non-hydrogen) atoms. The van der Waals surface area contributed by atoms with E-state index in [0.29, 0.717) is 27.8 Å². The van der Waals surface area contributed by atoms with Gasteiger partial charge >= 0.3 is 6.18 Å². The maximum Gasteiger partial charge on any atom is 0.416 e. The molecule has 138 valence electrons. The Morgan fingerprint density at radius 3 is 2.14 bits per heavy atom. The zero-order valence-corrected chi connectivity index (χ0v) is 14.3. The Morgan fingerprint density at radius 1 is 0.786 bits per heavy atom. The Balaban J connectivity index is 1.92. The lowest BCUT2D eigenvalue weighted by Crippen LogP contribution is -2.20. The van der Waals surface area contributed by atoms with E-state index < -0.39 is 11.7 Å². The summed E-state index contributed by atoms with van der Waals surface area (Å²) in [5.74, 6) is 0. The summed E-state index contributed by atoms with van der Waals surface area (Å²) in [6, 6.07) is 19.0. The Hall–Kier alpha value is -3.61. The smallest absolute Gasteiger partial charge is 0.267 e. The number of hydrogen-bond acceptors (Lipinski definition) is 2. The molecule has 0 bridgehead atoms. The van der Waals surface area contributed by atoms with E-state index in [9.17, 15) is 18.0 Å². The third-order valence-corrected chi connectivity index (χ3v) is 4.77. The summed E-state index contributed by atoms with van der Waals surface area (Å²) in [5, 5.41) is 1.18. The molecule has 0 aliphatic heterocycles. The molecule has 2 heterocycles. The van der Waals surface area contributed by atoms with Crippen LogP contribution in [0.15, 0.2) is 77.6 Å². The van der Waals surface area contributed by atoms with E-state index >= 15 is 0 Å². The third-order valence-electron chi connectivity index (χ3n) is 4.77. The van der Waals surface area contributed by atoms with Crippen molar-refractivity contribution >= 4 is 27.5 Å². The Labute approximate surface area is 156 Å². The second-order valence-corrected chi connectivity index (χ2v) is 6.44. The van der Waals surface area contributed by atoms with E-state index in [1.807, 2.05) is 24.3 Å². The highest BCUT2D eigenvalue weighted by Gasteiger charge is 2.30. The maximum absolute atomic E-state index is 13.2. The van der Waals surface area contributed by atoms with Gasteiger partial charge in [0, 0.05) is 5.39 Å². The second-order valence-electron chi connectivity index (χ2n) is 6.44. The first kappa shape index (κ1) is 16.6. The lowest BCUT2D eigenvalue weighted by molar-refractivity contribution is -0.137. The molecule has 0 amide bonds. The van der Waals surface area contributed by atoms with E-state index in [-0.39, 0.29) is 5.56 Å². The zero-order valence-electron chi connectivity index (χ0n) is 14.3. The predicted octanol–water partition coefficient (Wildman–Crippen LogP) is 4.81. The minimum atomic E-state index is -4.42. The quantitative estimate of drug-likeness (QED) is 0.419. The van der Waals surface area contributed by atoms with E-state index in [0.717, 1.165) is 17.5 Å². The molecule has 0 atom stereocenters. The van der Waals surface area contributed by atoms with Crippen LogP contribution in [0.5, 0.6) is 0 Å². The van der Waals surface area contributed by atoms with Gasteiger partial charge in [-0.2, -0.15) is 17.7 Å². The van der Waals surface area contributed by atoms with Gasteiger partial charge in [-0.1, -0.05) is 24.3 Å². The standard InChI is InChI=1S/C21H12F3N3O/c22-21(23,24)13-9-11-14(12-10-13)26-18-8-4-2-6-16(18)19-25-17-7-3-1-5-15(17)20(28)27(19)26/h1-12H. The molecule has 2 aromatic heterocycles. The molecular weight excluding hydrogens is 367 g/mol. The van der Waals surface area contributed by atoms with E-state index in [1.54, 1.807) is 28.9 Å². The van der Waals surface area contributed by atoms with Gasteiger partial charge in [-0.15, -0.1) is 0 Å². The first-order chi connectivity index (χ1) is 13.4. The lowest BCUT2D eigenvalue weighted by Gasteiger charge is -2.11. The van der Waals surface area contributed by atoms with Crippen molar-refractivity contribution in [2.45, 2.75) is 6.18 Å². The number of benzene rings is 3. The van der Waals surface area contributed by atoms with Crippen LogP contribution in [0.2, 0.25) is 0 Å². The molecule has 0 aliphatic rings. The number of alkyl halides is 3. The molecule has 0 fully saturated rings. The van der Waals surface area contributed by atoms with Gasteiger partial charge in [-0.3, -0.25) is 4.79 Å². The molecule has 5 aromatic rings. The average molecular weight is 379 g/mol. The predicted molar refractivity (Wildman–Crippen MR) is 101 cm³/mol. The van der Waals surface area contributed by atoms with E-state index in [4.69, 9.17) is 0 Å². The number of hydrogen-bond donors (Lipinski definition) is 0. The summed E-state index contributed by atoms with van der Waals surface area (Å²) >= 11 is 0. The van der Waals surface area contributed by atoms with Crippen molar-refractivity contribution < 1.29 is 13.2 Å². The van der Waals surface area contributed by atoms with Crippen LogP contribution < -0.4 is 5.56 Å². The summed E-state index contributed by atoms with van der Waals surface area (Å²) in [6.07, 6.45) is -4.42. The van der Waals surface area contributed by atoms with Crippen LogP contribution >= 0.6 is 0 Å². The van der Waals surface area contributed by atoms with Crippen LogP contribution in [0, 0.1) is 0 Å². The molecule has 0 aliphatic carbocycles. The van der Waals surface area contributed by atoms with Crippen molar-refractivity contribution in [3.8, 4) is 5.69 Å². The van der Waals surface area contributed by atoms with E-state index in [2.05, 4.69) is 4.98 Å². The maximum atomic E-state index is 13.2. The largest absolute Gasteiger partial charge is 0.416 e. The van der Waals surface area contributed by atoms with Crippen LogP contribution in [0.25, 0.3) is 33.1 Å². The topological polar surface area (TPSA) is 39.3 Å². The Bertz CT molecular complexity index is 1410. The number of halogens is 3. The highest BCUT2D eigenvalue weighted by Crippen LogP contribution is 2.31. The minimum absolute atomic E-state index is 0.281. The Morgan fingerprint density at radius 2 is 1.43 bits per heavy atom. The van der Waals surface area contributed by atoms with Crippen molar-refractivity contribution in [1.29, 1.82) is 0 Å². The minimum Gasteiger partial charge on any atom is -0.267 e. The van der Waals surface area contributed by atoms with Gasteiger partial charge in [-0.05, 0) is 48.5 Å². The van der Waals surface area contributed by atoms with Gasteiger partial charge in [-0.25, -0.2) is 9.67 Å². The average Bonchev–Trinajstić information content (AvgIpc) is 3.02. The van der Waals surface area contributed by atoms with Crippen LogP contribution in [-0.4, -0.2) is 14.2 Å². The fraction of sp³-hybridized carbons (Fsp3) is 0.0476. The number of para-hydroxylation sites is 2. The molecule has 0 radical (unpaired) electrons.